The molecule has 1 atom stereocenters. The van der Waals surface area contributed by atoms with Gasteiger partial charge in [0, 0.05) is 28.8 Å². The predicted octanol–water partition coefficient (Wildman–Crippen LogP) is 4.94. The van der Waals surface area contributed by atoms with E-state index in [-0.39, 0.29) is 11.5 Å². The van der Waals surface area contributed by atoms with E-state index in [9.17, 15) is 9.59 Å². The van der Waals surface area contributed by atoms with Gasteiger partial charge in [0.2, 0.25) is 0 Å². The summed E-state index contributed by atoms with van der Waals surface area (Å²) in [5.74, 6) is -0.194. The molecule has 1 aliphatic carbocycles. The number of carbonyl (C=O) groups excluding carboxylic acids is 1. The number of amides is 1. The molecule has 0 fully saturated rings. The number of H-pyrrole nitrogens is 1. The van der Waals surface area contributed by atoms with Gasteiger partial charge < -0.3 is 15.1 Å². The number of fused-ring (bicyclic) bond motifs is 1. The molecule has 0 spiro atoms. The van der Waals surface area contributed by atoms with Crippen LogP contribution in [0.15, 0.2) is 76.3 Å². The van der Waals surface area contributed by atoms with Crippen molar-refractivity contribution in [3.63, 3.8) is 0 Å². The van der Waals surface area contributed by atoms with Crippen LogP contribution < -0.4 is 16.2 Å². The number of aromatic nitrogens is 2. The van der Waals surface area contributed by atoms with E-state index < -0.39 is 6.17 Å². The molecule has 0 aliphatic heterocycles. The molecule has 0 saturated heterocycles. The number of carbonyl (C=O) groups is 1. The summed E-state index contributed by atoms with van der Waals surface area (Å²) in [6.45, 7) is 2.10. The summed E-state index contributed by atoms with van der Waals surface area (Å²) in [5, 5.41) is 13.6. The summed E-state index contributed by atoms with van der Waals surface area (Å²) >= 11 is 0. The predicted molar refractivity (Wildman–Crippen MR) is 139 cm³/mol. The van der Waals surface area contributed by atoms with Crippen LogP contribution in [0, 0.1) is 0 Å². The largest absolute Gasteiger partial charge is 0.472 e. The Hall–Kier alpha value is -4.13. The lowest BCUT2D eigenvalue weighted by molar-refractivity contribution is 0.0941. The molecule has 1 amide bonds. The van der Waals surface area contributed by atoms with Gasteiger partial charge in [-0.3, -0.25) is 9.59 Å². The molecule has 3 N–H and O–H groups in total. The number of rotatable bonds is 8. The summed E-state index contributed by atoms with van der Waals surface area (Å²) < 4.78 is 5.29. The molecular weight excluding hydrogens is 452 g/mol. The van der Waals surface area contributed by atoms with Gasteiger partial charge in [-0.1, -0.05) is 37.3 Å². The summed E-state index contributed by atoms with van der Waals surface area (Å²) in [4.78, 5) is 25.5. The Labute approximate surface area is 210 Å². The first kappa shape index (κ1) is 23.6. The third-order valence-electron chi connectivity index (χ3n) is 6.79. The third kappa shape index (κ3) is 5.10. The molecule has 0 saturated carbocycles. The van der Waals surface area contributed by atoms with E-state index in [0.717, 1.165) is 65.7 Å². The van der Waals surface area contributed by atoms with Crippen molar-refractivity contribution in [3.05, 3.63) is 117 Å². The minimum atomic E-state index is -0.458. The van der Waals surface area contributed by atoms with Crippen LogP contribution in [-0.2, 0) is 25.7 Å². The number of hydrogen-bond donors (Lipinski definition) is 3. The van der Waals surface area contributed by atoms with Crippen molar-refractivity contribution in [1.82, 2.24) is 15.5 Å². The van der Waals surface area contributed by atoms with Crippen molar-refractivity contribution in [2.45, 2.75) is 51.6 Å². The zero-order valence-electron chi connectivity index (χ0n) is 20.3. The smallest absolute Gasteiger partial charge is 0.267 e. The highest BCUT2D eigenvalue weighted by Crippen LogP contribution is 2.24. The minimum absolute atomic E-state index is 0.0796. The van der Waals surface area contributed by atoms with Gasteiger partial charge in [-0.25, -0.2) is 5.10 Å². The molecule has 4 aromatic rings. The number of anilines is 1. The fraction of sp³-hybridized carbons (Fsp3) is 0.276. The highest BCUT2D eigenvalue weighted by molar-refractivity contribution is 5.94. The Morgan fingerprint density at radius 1 is 1.08 bits per heavy atom. The van der Waals surface area contributed by atoms with E-state index in [0.29, 0.717) is 12.0 Å². The Bertz CT molecular complexity index is 1410. The number of nitrogens with zero attached hydrogens (tertiary/aromatic N) is 1. The standard InChI is InChI=1S/C29H30N4O3/c1-2-20-9-3-6-13-25(20)30-27(22-14-15-36-18-22)31-28(34)21-10-7-8-19(16-21)17-26-23-11-4-5-12-24(23)29(35)33-32-26/h3,6-10,13-16,18,27,30H,2,4-5,11-12,17H2,1H3,(H,31,34)(H,33,35). The number of aryl methyl sites for hydroxylation is 1. The van der Waals surface area contributed by atoms with Gasteiger partial charge in [0.15, 0.2) is 0 Å². The number of nitrogens with one attached hydrogen (secondary N) is 3. The third-order valence-corrected chi connectivity index (χ3v) is 6.79. The van der Waals surface area contributed by atoms with Gasteiger partial charge in [-0.15, -0.1) is 0 Å². The zero-order valence-corrected chi connectivity index (χ0v) is 20.3. The maximum atomic E-state index is 13.3. The van der Waals surface area contributed by atoms with Gasteiger partial charge in [0.05, 0.1) is 18.2 Å². The van der Waals surface area contributed by atoms with Crippen molar-refractivity contribution < 1.29 is 9.21 Å². The van der Waals surface area contributed by atoms with Crippen LogP contribution in [0.1, 0.15) is 69.8 Å². The van der Waals surface area contributed by atoms with Crippen LogP contribution in [0.5, 0.6) is 0 Å². The Balaban J connectivity index is 1.37. The lowest BCUT2D eigenvalue weighted by Crippen LogP contribution is -2.33. The number of furan rings is 1. The lowest BCUT2D eigenvalue weighted by atomic mass is 9.90. The topological polar surface area (TPSA) is 100 Å². The van der Waals surface area contributed by atoms with Gasteiger partial charge in [0.1, 0.15) is 6.17 Å². The number of benzene rings is 2. The molecule has 0 bridgehead atoms. The first-order valence-electron chi connectivity index (χ1n) is 12.5. The van der Waals surface area contributed by atoms with Gasteiger partial charge in [-0.2, -0.15) is 5.10 Å². The van der Waals surface area contributed by atoms with Crippen LogP contribution in [0.25, 0.3) is 0 Å². The number of hydrogen-bond acceptors (Lipinski definition) is 5. The fourth-order valence-electron chi connectivity index (χ4n) is 4.87. The van der Waals surface area contributed by atoms with Crippen LogP contribution >= 0.6 is 0 Å². The van der Waals surface area contributed by atoms with Crippen LogP contribution in [0.4, 0.5) is 5.69 Å². The molecule has 7 nitrogen and oxygen atoms in total. The fourth-order valence-corrected chi connectivity index (χ4v) is 4.87. The number of para-hydroxylation sites is 1. The molecule has 0 radical (unpaired) electrons. The second-order valence-electron chi connectivity index (χ2n) is 9.16. The van der Waals surface area contributed by atoms with E-state index in [1.165, 1.54) is 5.56 Å². The van der Waals surface area contributed by atoms with Crippen molar-refractivity contribution in [1.29, 1.82) is 0 Å². The SMILES string of the molecule is CCc1ccccc1NC(NC(=O)c1cccc(Cc2n[nH]c(=O)c3c2CCCC3)c1)c1ccoc1. The van der Waals surface area contributed by atoms with Crippen LogP contribution in [0.3, 0.4) is 0 Å². The van der Waals surface area contributed by atoms with Crippen molar-refractivity contribution in [2.75, 3.05) is 5.32 Å². The molecule has 1 unspecified atom stereocenters. The molecule has 2 heterocycles. The lowest BCUT2D eigenvalue weighted by Gasteiger charge is -2.22. The Kier molecular flexibility index (Phi) is 6.98. The molecule has 1 aliphatic rings. The van der Waals surface area contributed by atoms with E-state index in [1.807, 2.05) is 42.5 Å². The first-order valence-corrected chi connectivity index (χ1v) is 12.5. The molecule has 36 heavy (non-hydrogen) atoms. The Morgan fingerprint density at radius 3 is 2.72 bits per heavy atom. The maximum absolute atomic E-state index is 13.3. The van der Waals surface area contributed by atoms with Gasteiger partial charge in [0.25, 0.3) is 11.5 Å². The molecule has 2 aromatic heterocycles. The highest BCUT2D eigenvalue weighted by atomic mass is 16.3. The monoisotopic (exact) mass is 482 g/mol. The normalized spacial score (nSPS) is 13.6. The van der Waals surface area contributed by atoms with Gasteiger partial charge in [-0.05, 0) is 73.1 Å². The molecule has 7 heteroatoms. The van der Waals surface area contributed by atoms with Gasteiger partial charge >= 0.3 is 0 Å². The van der Waals surface area contributed by atoms with Crippen molar-refractivity contribution in [2.24, 2.45) is 0 Å². The first-order chi connectivity index (χ1) is 17.6. The average Bonchev–Trinajstić information content (AvgIpc) is 3.46. The van der Waals surface area contributed by atoms with Crippen LogP contribution in [0.2, 0.25) is 0 Å². The minimum Gasteiger partial charge on any atom is -0.472 e. The summed E-state index contributed by atoms with van der Waals surface area (Å²) in [5.41, 5.74) is 7.23. The van der Waals surface area contributed by atoms with E-state index in [1.54, 1.807) is 18.6 Å². The zero-order chi connectivity index (χ0) is 24.9. The second kappa shape index (κ2) is 10.6. The van der Waals surface area contributed by atoms with E-state index >= 15 is 0 Å². The summed E-state index contributed by atoms with van der Waals surface area (Å²) in [6, 6.07) is 17.5. The average molecular weight is 483 g/mol. The second-order valence-corrected chi connectivity index (χ2v) is 9.16. The molecule has 2 aromatic carbocycles. The van der Waals surface area contributed by atoms with Crippen molar-refractivity contribution in [3.8, 4) is 0 Å². The van der Waals surface area contributed by atoms with E-state index in [4.69, 9.17) is 4.42 Å². The summed E-state index contributed by atoms with van der Waals surface area (Å²) in [6.07, 6.45) is 7.98. The molecular formula is C29H30N4O3. The highest BCUT2D eigenvalue weighted by Gasteiger charge is 2.20. The van der Waals surface area contributed by atoms with Crippen LogP contribution in [-0.4, -0.2) is 16.1 Å². The molecule has 184 valence electrons. The van der Waals surface area contributed by atoms with Crippen molar-refractivity contribution >= 4 is 11.6 Å². The number of aromatic amines is 1. The van der Waals surface area contributed by atoms with E-state index in [2.05, 4.69) is 33.8 Å². The quantitative estimate of drug-likeness (QED) is 0.309. The summed E-state index contributed by atoms with van der Waals surface area (Å²) in [7, 11) is 0. The maximum Gasteiger partial charge on any atom is 0.267 e. The molecule has 5 rings (SSSR count). The Morgan fingerprint density at radius 2 is 1.92 bits per heavy atom.